The highest BCUT2D eigenvalue weighted by atomic mass is 35.5. The lowest BCUT2D eigenvalue weighted by atomic mass is 10.2. The number of halogens is 2. The Morgan fingerprint density at radius 1 is 1.23 bits per heavy atom. The molecule has 4 rings (SSSR count). The van der Waals surface area contributed by atoms with Crippen LogP contribution in [0.3, 0.4) is 0 Å². The van der Waals surface area contributed by atoms with E-state index < -0.39 is 0 Å². The van der Waals surface area contributed by atoms with Crippen molar-refractivity contribution in [2.75, 3.05) is 30.1 Å². The summed E-state index contributed by atoms with van der Waals surface area (Å²) in [4.78, 5) is 19.1. The molecular formula is C24H22Cl2N6OS2. The first-order valence-electron chi connectivity index (χ1n) is 10.5. The third kappa shape index (κ3) is 6.05. The molecule has 0 aliphatic heterocycles. The Kier molecular flexibility index (Phi) is 8.12. The van der Waals surface area contributed by atoms with Crippen LogP contribution < -0.4 is 10.2 Å². The van der Waals surface area contributed by atoms with Gasteiger partial charge in [0, 0.05) is 47.9 Å². The van der Waals surface area contributed by atoms with E-state index in [1.165, 1.54) is 23.1 Å². The number of allylic oxidation sites excluding steroid dienone is 1. The van der Waals surface area contributed by atoms with Crippen molar-refractivity contribution in [3.63, 3.8) is 0 Å². The Bertz CT molecular complexity index is 1370. The fraction of sp³-hybridized carbons (Fsp3) is 0.167. The van der Waals surface area contributed by atoms with Crippen molar-refractivity contribution in [1.82, 2.24) is 19.7 Å². The second-order valence-corrected chi connectivity index (χ2v) is 10.3. The van der Waals surface area contributed by atoms with Crippen molar-refractivity contribution in [1.29, 1.82) is 0 Å². The molecule has 4 aromatic rings. The fourth-order valence-electron chi connectivity index (χ4n) is 3.26. The van der Waals surface area contributed by atoms with Crippen molar-refractivity contribution in [3.8, 4) is 22.6 Å². The van der Waals surface area contributed by atoms with Crippen LogP contribution in [0.4, 0.5) is 10.8 Å². The molecule has 2 aromatic carbocycles. The van der Waals surface area contributed by atoms with Gasteiger partial charge in [0.15, 0.2) is 16.1 Å². The van der Waals surface area contributed by atoms with Crippen LogP contribution in [-0.4, -0.2) is 45.5 Å². The smallest absolute Gasteiger partial charge is 0.236 e. The highest BCUT2D eigenvalue weighted by molar-refractivity contribution is 7.99. The number of nitrogens with one attached hydrogen (secondary N) is 1. The number of rotatable bonds is 9. The van der Waals surface area contributed by atoms with Crippen LogP contribution in [0.1, 0.15) is 0 Å². The predicted octanol–water partition coefficient (Wildman–Crippen LogP) is 6.36. The Morgan fingerprint density at radius 2 is 2.06 bits per heavy atom. The third-order valence-electron chi connectivity index (χ3n) is 4.94. The van der Waals surface area contributed by atoms with Gasteiger partial charge in [0.2, 0.25) is 5.91 Å². The van der Waals surface area contributed by atoms with Gasteiger partial charge in [-0.1, -0.05) is 53.2 Å². The van der Waals surface area contributed by atoms with Gasteiger partial charge in [-0.2, -0.15) is 0 Å². The van der Waals surface area contributed by atoms with Crippen molar-refractivity contribution >= 4 is 63.0 Å². The summed E-state index contributed by atoms with van der Waals surface area (Å²) in [5.74, 6) is 0.687. The number of thiazole rings is 1. The molecule has 0 fully saturated rings. The highest BCUT2D eigenvalue weighted by Crippen LogP contribution is 2.32. The van der Waals surface area contributed by atoms with Gasteiger partial charge in [-0.3, -0.25) is 9.36 Å². The number of benzene rings is 2. The molecule has 0 aliphatic carbocycles. The zero-order valence-corrected chi connectivity index (χ0v) is 22.2. The minimum absolute atomic E-state index is 0.156. The maximum absolute atomic E-state index is 12.6. The van der Waals surface area contributed by atoms with E-state index in [1.54, 1.807) is 24.3 Å². The van der Waals surface area contributed by atoms with Gasteiger partial charge < -0.3 is 10.2 Å². The topological polar surface area (TPSA) is 75.9 Å². The summed E-state index contributed by atoms with van der Waals surface area (Å²) in [6.07, 6.45) is 1.78. The van der Waals surface area contributed by atoms with Crippen molar-refractivity contribution in [3.05, 3.63) is 70.5 Å². The summed E-state index contributed by atoms with van der Waals surface area (Å²) < 4.78 is 1.95. The molecule has 180 valence electrons. The van der Waals surface area contributed by atoms with E-state index in [0.29, 0.717) is 32.6 Å². The average molecular weight is 546 g/mol. The number of carbonyl (C=O) groups excluding carboxylic acids is 1. The van der Waals surface area contributed by atoms with Crippen molar-refractivity contribution in [2.24, 2.45) is 0 Å². The second-order valence-electron chi connectivity index (χ2n) is 7.65. The second kappa shape index (κ2) is 11.3. The summed E-state index contributed by atoms with van der Waals surface area (Å²) in [5, 5.41) is 15.6. The van der Waals surface area contributed by atoms with Crippen molar-refractivity contribution < 1.29 is 4.79 Å². The Labute approximate surface area is 221 Å². The highest BCUT2D eigenvalue weighted by Gasteiger charge is 2.17. The quantitative estimate of drug-likeness (QED) is 0.195. The van der Waals surface area contributed by atoms with E-state index in [-0.39, 0.29) is 11.7 Å². The molecular weight excluding hydrogens is 523 g/mol. The first kappa shape index (κ1) is 25.2. The molecule has 2 aromatic heterocycles. The number of aromatic nitrogens is 4. The van der Waals surface area contributed by atoms with Gasteiger partial charge in [-0.15, -0.1) is 28.1 Å². The van der Waals surface area contributed by atoms with Crippen LogP contribution in [-0.2, 0) is 11.3 Å². The number of carbonyl (C=O) groups is 1. The summed E-state index contributed by atoms with van der Waals surface area (Å²) in [7, 11) is 3.98. The van der Waals surface area contributed by atoms with E-state index in [1.807, 2.05) is 47.1 Å². The van der Waals surface area contributed by atoms with E-state index in [4.69, 9.17) is 23.2 Å². The standard InChI is InChI=1S/C24H22Cl2N6OS2/c1-4-10-32-22(15-6-5-7-17(11-15)31(2)3)29-30-24(32)35-14-21(33)28-23-27-20(13-34-23)18-9-8-16(25)12-19(18)26/h4-9,11-13H,1,10,14H2,2-3H3,(H,27,28,33). The molecule has 1 N–H and O–H groups in total. The number of amides is 1. The minimum atomic E-state index is -0.192. The molecule has 1 amide bonds. The monoisotopic (exact) mass is 544 g/mol. The lowest BCUT2D eigenvalue weighted by molar-refractivity contribution is -0.113. The lowest BCUT2D eigenvalue weighted by Gasteiger charge is -2.14. The molecule has 0 atom stereocenters. The zero-order valence-electron chi connectivity index (χ0n) is 19.0. The van der Waals surface area contributed by atoms with E-state index in [2.05, 4.69) is 33.1 Å². The molecule has 2 heterocycles. The van der Waals surface area contributed by atoms with Gasteiger partial charge in [-0.05, 0) is 30.3 Å². The fourth-order valence-corrected chi connectivity index (χ4v) is 5.24. The molecule has 0 radical (unpaired) electrons. The lowest BCUT2D eigenvalue weighted by Crippen LogP contribution is -2.14. The first-order valence-corrected chi connectivity index (χ1v) is 13.1. The summed E-state index contributed by atoms with van der Waals surface area (Å²) in [6, 6.07) is 13.3. The number of nitrogens with zero attached hydrogens (tertiary/aromatic N) is 5. The van der Waals surface area contributed by atoms with E-state index >= 15 is 0 Å². The summed E-state index contributed by atoms with van der Waals surface area (Å²) >= 11 is 14.9. The summed E-state index contributed by atoms with van der Waals surface area (Å²) in [5.41, 5.74) is 3.44. The Morgan fingerprint density at radius 3 is 2.80 bits per heavy atom. The summed E-state index contributed by atoms with van der Waals surface area (Å²) in [6.45, 7) is 4.37. The van der Waals surface area contributed by atoms with Crippen LogP contribution in [0, 0.1) is 0 Å². The zero-order chi connectivity index (χ0) is 24.9. The molecule has 0 saturated heterocycles. The molecule has 35 heavy (non-hydrogen) atoms. The molecule has 0 spiro atoms. The molecule has 7 nitrogen and oxygen atoms in total. The van der Waals surface area contributed by atoms with E-state index in [9.17, 15) is 4.79 Å². The van der Waals surface area contributed by atoms with Gasteiger partial charge in [0.1, 0.15) is 0 Å². The van der Waals surface area contributed by atoms with Crippen LogP contribution in [0.15, 0.2) is 65.7 Å². The van der Waals surface area contributed by atoms with E-state index in [0.717, 1.165) is 22.6 Å². The molecule has 0 unspecified atom stereocenters. The Balaban J connectivity index is 1.44. The predicted molar refractivity (Wildman–Crippen MR) is 147 cm³/mol. The molecule has 0 bridgehead atoms. The number of thioether (sulfide) groups is 1. The molecule has 0 saturated carbocycles. The maximum Gasteiger partial charge on any atom is 0.236 e. The Hall–Kier alpha value is -2.85. The van der Waals surface area contributed by atoms with Gasteiger partial charge in [0.05, 0.1) is 16.5 Å². The van der Waals surface area contributed by atoms with Crippen LogP contribution in [0.2, 0.25) is 10.0 Å². The van der Waals surface area contributed by atoms with Gasteiger partial charge in [-0.25, -0.2) is 4.98 Å². The average Bonchev–Trinajstić information content (AvgIpc) is 3.45. The number of anilines is 2. The normalized spacial score (nSPS) is 10.9. The number of hydrogen-bond donors (Lipinski definition) is 1. The third-order valence-corrected chi connectivity index (χ3v) is 7.21. The maximum atomic E-state index is 12.6. The van der Waals surface area contributed by atoms with Gasteiger partial charge in [0.25, 0.3) is 0 Å². The van der Waals surface area contributed by atoms with Crippen molar-refractivity contribution in [2.45, 2.75) is 11.7 Å². The van der Waals surface area contributed by atoms with Gasteiger partial charge >= 0.3 is 0 Å². The first-order chi connectivity index (χ1) is 16.9. The van der Waals surface area contributed by atoms with Crippen LogP contribution >= 0.6 is 46.3 Å². The number of hydrogen-bond acceptors (Lipinski definition) is 7. The molecule has 11 heteroatoms. The molecule has 0 aliphatic rings. The SMILES string of the molecule is C=CCn1c(SCC(=O)Nc2nc(-c3ccc(Cl)cc3Cl)cs2)nnc1-c1cccc(N(C)C)c1. The van der Waals surface area contributed by atoms with Crippen LogP contribution in [0.25, 0.3) is 22.6 Å². The minimum Gasteiger partial charge on any atom is -0.378 e. The largest absolute Gasteiger partial charge is 0.378 e. The van der Waals surface area contributed by atoms with Crippen LogP contribution in [0.5, 0.6) is 0 Å².